The summed E-state index contributed by atoms with van der Waals surface area (Å²) in [5.41, 5.74) is 0.552. The van der Waals surface area contributed by atoms with Crippen LogP contribution in [0.4, 0.5) is 13.2 Å². The lowest BCUT2D eigenvalue weighted by atomic mass is 9.87. The lowest BCUT2D eigenvalue weighted by Gasteiger charge is -2.37. The summed E-state index contributed by atoms with van der Waals surface area (Å²) in [6.45, 7) is 6.76. The fourth-order valence-corrected chi connectivity index (χ4v) is 5.68. The van der Waals surface area contributed by atoms with Gasteiger partial charge in [0, 0.05) is 37.9 Å². The monoisotopic (exact) mass is 527 g/mol. The smallest absolute Gasteiger partial charge is 0.383 e. The van der Waals surface area contributed by atoms with Crippen LogP contribution in [0.5, 0.6) is 0 Å². The Morgan fingerprint density at radius 2 is 1.97 bits per heavy atom. The second-order valence-electron chi connectivity index (χ2n) is 10.3. The van der Waals surface area contributed by atoms with Gasteiger partial charge in [-0.15, -0.1) is 0 Å². The second-order valence-corrected chi connectivity index (χ2v) is 10.3. The number of nitrogens with zero attached hydrogens (tertiary/aromatic N) is 5. The molecule has 1 fully saturated rings. The molecule has 0 spiro atoms. The molecule has 0 unspecified atom stereocenters. The first-order chi connectivity index (χ1) is 18.0. The van der Waals surface area contributed by atoms with Crippen molar-refractivity contribution in [1.82, 2.24) is 19.4 Å². The summed E-state index contributed by atoms with van der Waals surface area (Å²) in [7, 11) is 0. The predicted octanol–water partition coefficient (Wildman–Crippen LogP) is 4.59. The zero-order valence-electron chi connectivity index (χ0n) is 21.8. The van der Waals surface area contributed by atoms with Crippen LogP contribution in [0.25, 0.3) is 10.9 Å². The number of piperidine rings is 1. The highest BCUT2D eigenvalue weighted by molar-refractivity contribution is 5.78. The number of aromatic nitrogens is 3. The number of hydrogen-bond acceptors (Lipinski definition) is 5. The maximum absolute atomic E-state index is 13.5. The van der Waals surface area contributed by atoms with Crippen molar-refractivity contribution in [1.29, 1.82) is 0 Å². The number of aryl methyl sites for hydroxylation is 2. The highest BCUT2D eigenvalue weighted by Gasteiger charge is 2.37. The molecule has 1 amide bonds. The van der Waals surface area contributed by atoms with Crippen LogP contribution >= 0.6 is 0 Å². The fourth-order valence-electron chi connectivity index (χ4n) is 5.68. The van der Waals surface area contributed by atoms with E-state index in [0.717, 1.165) is 36.8 Å². The molecule has 1 N–H and O–H groups in total. The van der Waals surface area contributed by atoms with E-state index in [4.69, 9.17) is 9.98 Å². The molecule has 2 aliphatic rings. The highest BCUT2D eigenvalue weighted by atomic mass is 19.4. The number of aliphatic hydroxyl groups is 1. The standard InChI is InChI=1S/C28H32F3N5O2/c1-4-25(37)35-13-10-27(38,11-14-35)23-15-20-22(16-32-23)36-12-6-9-24(36)34-26(20)33-18(3)19-7-5-8-21(17(19)2)28(29,30)31/h5,7-8,15-16,18,38H,4,6,9-14H2,1-3H3/t18-/m1/s1. The van der Waals surface area contributed by atoms with E-state index >= 15 is 0 Å². The van der Waals surface area contributed by atoms with Crippen molar-refractivity contribution in [3.63, 3.8) is 0 Å². The highest BCUT2D eigenvalue weighted by Crippen LogP contribution is 2.36. The SMILES string of the molecule is CCC(=O)N1CCC(O)(c2cc3c(=N[C@H](C)c4cccc(C(F)(F)F)c4C)nc4n(c3cn2)CCC4)CC1. The number of rotatable bonds is 4. The average Bonchev–Trinajstić information content (AvgIpc) is 3.36. The Morgan fingerprint density at radius 3 is 2.66 bits per heavy atom. The van der Waals surface area contributed by atoms with E-state index in [2.05, 4.69) is 9.55 Å². The number of hydrogen-bond donors (Lipinski definition) is 1. The fraction of sp³-hybridized carbons (Fsp3) is 0.500. The van der Waals surface area contributed by atoms with Gasteiger partial charge in [0.2, 0.25) is 5.91 Å². The number of halogens is 3. The molecule has 1 aromatic carbocycles. The molecule has 0 radical (unpaired) electrons. The van der Waals surface area contributed by atoms with Crippen molar-refractivity contribution in [3.8, 4) is 0 Å². The third-order valence-electron chi connectivity index (χ3n) is 7.91. The summed E-state index contributed by atoms with van der Waals surface area (Å²) < 4.78 is 42.7. The van der Waals surface area contributed by atoms with Crippen molar-refractivity contribution in [3.05, 3.63) is 64.2 Å². The van der Waals surface area contributed by atoms with E-state index in [1.165, 1.54) is 13.0 Å². The summed E-state index contributed by atoms with van der Waals surface area (Å²) in [6, 6.07) is 5.41. The Balaban J connectivity index is 1.59. The van der Waals surface area contributed by atoms with Gasteiger partial charge in [-0.05, 0) is 56.4 Å². The summed E-state index contributed by atoms with van der Waals surface area (Å²) in [4.78, 5) is 28.1. The van der Waals surface area contributed by atoms with Crippen LogP contribution in [0.3, 0.4) is 0 Å². The van der Waals surface area contributed by atoms with Crippen molar-refractivity contribution < 1.29 is 23.1 Å². The van der Waals surface area contributed by atoms with Gasteiger partial charge in [0.25, 0.3) is 0 Å². The molecule has 0 aliphatic carbocycles. The Hall–Kier alpha value is -3.27. The summed E-state index contributed by atoms with van der Waals surface area (Å²) in [5, 5.41) is 12.2. The number of likely N-dealkylation sites (tertiary alicyclic amines) is 1. The minimum absolute atomic E-state index is 0.0645. The molecular formula is C28H32F3N5O2. The zero-order chi connectivity index (χ0) is 27.2. The molecule has 3 aromatic rings. The Morgan fingerprint density at radius 1 is 1.24 bits per heavy atom. The summed E-state index contributed by atoms with van der Waals surface area (Å²) in [5.74, 6) is 0.929. The summed E-state index contributed by atoms with van der Waals surface area (Å²) >= 11 is 0. The van der Waals surface area contributed by atoms with Gasteiger partial charge in [0.15, 0.2) is 5.49 Å². The molecule has 10 heteroatoms. The van der Waals surface area contributed by atoms with Crippen LogP contribution in [0.2, 0.25) is 0 Å². The summed E-state index contributed by atoms with van der Waals surface area (Å²) in [6.07, 6.45) is 0.173. The normalized spacial score (nSPS) is 18.6. The molecule has 0 bridgehead atoms. The average molecular weight is 528 g/mol. The van der Waals surface area contributed by atoms with E-state index in [9.17, 15) is 23.1 Å². The van der Waals surface area contributed by atoms with Crippen molar-refractivity contribution in [2.75, 3.05) is 13.1 Å². The molecule has 4 heterocycles. The number of benzene rings is 1. The van der Waals surface area contributed by atoms with E-state index < -0.39 is 23.4 Å². The van der Waals surface area contributed by atoms with Crippen LogP contribution in [0, 0.1) is 6.92 Å². The van der Waals surface area contributed by atoms with Crippen molar-refractivity contribution in [2.24, 2.45) is 4.99 Å². The van der Waals surface area contributed by atoms with Gasteiger partial charge in [0.05, 0.1) is 29.0 Å². The minimum atomic E-state index is -4.44. The molecule has 1 saturated heterocycles. The van der Waals surface area contributed by atoms with E-state index in [1.54, 1.807) is 24.1 Å². The number of fused-ring (bicyclic) bond motifs is 3. The van der Waals surface area contributed by atoms with Gasteiger partial charge in [-0.2, -0.15) is 13.2 Å². The number of alkyl halides is 3. The van der Waals surface area contributed by atoms with Gasteiger partial charge in [0.1, 0.15) is 11.4 Å². The first kappa shape index (κ1) is 26.3. The van der Waals surface area contributed by atoms with Crippen LogP contribution in [-0.2, 0) is 29.5 Å². The van der Waals surface area contributed by atoms with Crippen LogP contribution in [0.15, 0.2) is 35.5 Å². The molecule has 1 atom stereocenters. The van der Waals surface area contributed by atoms with Gasteiger partial charge in [-0.3, -0.25) is 14.8 Å². The molecule has 38 heavy (non-hydrogen) atoms. The second kappa shape index (κ2) is 9.80. The van der Waals surface area contributed by atoms with Crippen LogP contribution in [0.1, 0.15) is 73.8 Å². The van der Waals surface area contributed by atoms with E-state index in [1.807, 2.05) is 13.0 Å². The molecule has 0 saturated carbocycles. The predicted molar refractivity (Wildman–Crippen MR) is 136 cm³/mol. The third kappa shape index (κ3) is 4.70. The van der Waals surface area contributed by atoms with Gasteiger partial charge in [-0.25, -0.2) is 4.98 Å². The number of carbonyl (C=O) groups excluding carboxylic acids is 1. The van der Waals surface area contributed by atoms with Crippen molar-refractivity contribution in [2.45, 2.75) is 77.2 Å². The lowest BCUT2D eigenvalue weighted by molar-refractivity contribution is -0.138. The first-order valence-corrected chi connectivity index (χ1v) is 13.1. The minimum Gasteiger partial charge on any atom is -0.383 e. The Kier molecular flexibility index (Phi) is 6.79. The molecule has 5 rings (SSSR count). The number of carbonyl (C=O) groups is 1. The number of amides is 1. The first-order valence-electron chi connectivity index (χ1n) is 13.1. The topological polar surface area (TPSA) is 83.6 Å². The Bertz CT molecular complexity index is 1460. The third-order valence-corrected chi connectivity index (χ3v) is 7.91. The maximum Gasteiger partial charge on any atom is 0.416 e. The quantitative estimate of drug-likeness (QED) is 0.538. The van der Waals surface area contributed by atoms with E-state index in [-0.39, 0.29) is 11.5 Å². The van der Waals surface area contributed by atoms with E-state index in [0.29, 0.717) is 54.5 Å². The molecule has 2 aliphatic heterocycles. The molecule has 2 aromatic heterocycles. The molecule has 7 nitrogen and oxygen atoms in total. The Labute approximate surface area is 219 Å². The zero-order valence-corrected chi connectivity index (χ0v) is 21.8. The lowest BCUT2D eigenvalue weighted by Crippen LogP contribution is -2.45. The maximum atomic E-state index is 13.5. The number of pyridine rings is 1. The van der Waals surface area contributed by atoms with Crippen LogP contribution < -0.4 is 5.49 Å². The van der Waals surface area contributed by atoms with Gasteiger partial charge in [-0.1, -0.05) is 19.1 Å². The largest absolute Gasteiger partial charge is 0.416 e. The van der Waals surface area contributed by atoms with Crippen molar-refractivity contribution >= 4 is 16.8 Å². The van der Waals surface area contributed by atoms with Crippen LogP contribution in [-0.4, -0.2) is 43.5 Å². The van der Waals surface area contributed by atoms with Gasteiger partial charge >= 0.3 is 6.18 Å². The molecular weight excluding hydrogens is 495 g/mol. The van der Waals surface area contributed by atoms with Gasteiger partial charge < -0.3 is 14.6 Å². The molecule has 202 valence electrons.